The molecule has 0 spiro atoms. The van der Waals surface area contributed by atoms with Crippen molar-refractivity contribution in [2.45, 2.75) is 6.54 Å². The summed E-state index contributed by atoms with van der Waals surface area (Å²) in [6, 6.07) is 7.90. The van der Waals surface area contributed by atoms with Crippen molar-refractivity contribution >= 4 is 44.8 Å². The van der Waals surface area contributed by atoms with Gasteiger partial charge >= 0.3 is 0 Å². The minimum absolute atomic E-state index is 0.148. The van der Waals surface area contributed by atoms with Crippen molar-refractivity contribution in [3.63, 3.8) is 0 Å². The molecule has 0 fully saturated rings. The number of benzene rings is 1. The summed E-state index contributed by atoms with van der Waals surface area (Å²) in [7, 11) is -3.70. The van der Waals surface area contributed by atoms with Gasteiger partial charge < -0.3 is 5.32 Å². The molecule has 0 radical (unpaired) electrons. The number of aromatic nitrogens is 1. The molecule has 1 N–H and O–H groups in total. The molecule has 0 unspecified atom stereocenters. The molecule has 0 aliphatic rings. The van der Waals surface area contributed by atoms with E-state index in [1.54, 1.807) is 24.5 Å². The number of anilines is 1. The highest BCUT2D eigenvalue weighted by Gasteiger charge is 2.23. The average molecular weight is 388 g/mol. The molecule has 6 nitrogen and oxygen atoms in total. The summed E-state index contributed by atoms with van der Waals surface area (Å²) >= 11 is 11.9. The van der Waals surface area contributed by atoms with E-state index >= 15 is 0 Å². The molecule has 1 aromatic heterocycles. The minimum Gasteiger partial charge on any atom is -0.350 e. The Kier molecular flexibility index (Phi) is 6.04. The molecule has 128 valence electrons. The summed E-state index contributed by atoms with van der Waals surface area (Å²) in [6.07, 6.45) is 4.23. The SMILES string of the molecule is CS(=O)(=O)N(CC(=O)NCc1ccncc1)c1ccc(Cl)cc1Cl. The monoisotopic (exact) mass is 387 g/mol. The van der Waals surface area contributed by atoms with Gasteiger partial charge in [0.05, 0.1) is 17.0 Å². The number of carbonyl (C=O) groups excluding carboxylic acids is 1. The zero-order valence-electron chi connectivity index (χ0n) is 12.7. The maximum absolute atomic E-state index is 12.1. The predicted octanol–water partition coefficient (Wildman–Crippen LogP) is 2.47. The highest BCUT2D eigenvalue weighted by atomic mass is 35.5. The van der Waals surface area contributed by atoms with E-state index in [-0.39, 0.29) is 23.8 Å². The second-order valence-corrected chi connectivity index (χ2v) is 7.75. The number of rotatable bonds is 6. The number of nitrogens with one attached hydrogen (secondary N) is 1. The summed E-state index contributed by atoms with van der Waals surface area (Å²) in [5, 5.41) is 3.18. The Bertz CT molecular complexity index is 829. The molecular formula is C15H15Cl2N3O3S. The predicted molar refractivity (Wildman–Crippen MR) is 94.7 cm³/mol. The Hall–Kier alpha value is -1.83. The number of hydrogen-bond acceptors (Lipinski definition) is 4. The van der Waals surface area contributed by atoms with Gasteiger partial charge in [0, 0.05) is 24.0 Å². The molecule has 9 heteroatoms. The van der Waals surface area contributed by atoms with Crippen molar-refractivity contribution in [3.05, 3.63) is 58.3 Å². The molecule has 0 bridgehead atoms. The van der Waals surface area contributed by atoms with Gasteiger partial charge in [0.1, 0.15) is 6.54 Å². The molecule has 0 aliphatic carbocycles. The molecule has 0 saturated heterocycles. The van der Waals surface area contributed by atoms with Crippen LogP contribution in [0, 0.1) is 0 Å². The van der Waals surface area contributed by atoms with Gasteiger partial charge in [-0.2, -0.15) is 0 Å². The topological polar surface area (TPSA) is 79.4 Å². The molecule has 0 atom stereocenters. The molecule has 1 heterocycles. The molecule has 1 amide bonds. The van der Waals surface area contributed by atoms with Crippen LogP contribution in [0.25, 0.3) is 0 Å². The number of amides is 1. The normalized spacial score (nSPS) is 11.1. The van der Waals surface area contributed by atoms with Crippen LogP contribution in [0.3, 0.4) is 0 Å². The summed E-state index contributed by atoms with van der Waals surface area (Å²) in [6.45, 7) is -0.113. The maximum Gasteiger partial charge on any atom is 0.241 e. The van der Waals surface area contributed by atoms with Gasteiger partial charge in [-0.3, -0.25) is 14.1 Å². The van der Waals surface area contributed by atoms with Crippen molar-refractivity contribution < 1.29 is 13.2 Å². The fourth-order valence-electron chi connectivity index (χ4n) is 1.95. The van der Waals surface area contributed by atoms with Crippen molar-refractivity contribution in [3.8, 4) is 0 Å². The van der Waals surface area contributed by atoms with Crippen LogP contribution >= 0.6 is 23.2 Å². The zero-order chi connectivity index (χ0) is 17.7. The molecule has 0 aliphatic heterocycles. The Morgan fingerprint density at radius 1 is 1.21 bits per heavy atom. The number of nitrogens with zero attached hydrogens (tertiary/aromatic N) is 2. The number of hydrogen-bond donors (Lipinski definition) is 1. The first-order valence-corrected chi connectivity index (χ1v) is 9.46. The zero-order valence-corrected chi connectivity index (χ0v) is 15.1. The Labute approximate surface area is 150 Å². The Balaban J connectivity index is 2.13. The van der Waals surface area contributed by atoms with Crippen LogP contribution in [0.4, 0.5) is 5.69 Å². The third-order valence-electron chi connectivity index (χ3n) is 3.11. The maximum atomic E-state index is 12.1. The Morgan fingerprint density at radius 2 is 1.88 bits per heavy atom. The fourth-order valence-corrected chi connectivity index (χ4v) is 3.38. The first-order chi connectivity index (χ1) is 11.3. The molecule has 2 aromatic rings. The quantitative estimate of drug-likeness (QED) is 0.825. The van der Waals surface area contributed by atoms with E-state index in [2.05, 4.69) is 10.3 Å². The third-order valence-corrected chi connectivity index (χ3v) is 4.77. The van der Waals surface area contributed by atoms with E-state index < -0.39 is 15.9 Å². The van der Waals surface area contributed by atoms with Gasteiger partial charge in [-0.1, -0.05) is 23.2 Å². The Morgan fingerprint density at radius 3 is 2.46 bits per heavy atom. The van der Waals surface area contributed by atoms with Gasteiger partial charge in [-0.15, -0.1) is 0 Å². The van der Waals surface area contributed by atoms with E-state index in [1.807, 2.05) is 0 Å². The standard InChI is InChI=1S/C15H15Cl2N3O3S/c1-24(22,23)20(14-3-2-12(16)8-13(14)17)10-15(21)19-9-11-4-6-18-7-5-11/h2-8H,9-10H2,1H3,(H,19,21). The lowest BCUT2D eigenvalue weighted by Crippen LogP contribution is -2.40. The molecule has 1 aromatic carbocycles. The van der Waals surface area contributed by atoms with Crippen LogP contribution in [0.15, 0.2) is 42.7 Å². The fraction of sp³-hybridized carbons (Fsp3) is 0.200. The number of sulfonamides is 1. The first kappa shape index (κ1) is 18.5. The van der Waals surface area contributed by atoms with Crippen molar-refractivity contribution in [1.29, 1.82) is 0 Å². The van der Waals surface area contributed by atoms with Crippen LogP contribution in [0.5, 0.6) is 0 Å². The molecule has 2 rings (SSSR count). The minimum atomic E-state index is -3.70. The van der Waals surface area contributed by atoms with Gasteiger partial charge in [0.2, 0.25) is 15.9 Å². The number of halogens is 2. The molecule has 24 heavy (non-hydrogen) atoms. The summed E-state index contributed by atoms with van der Waals surface area (Å²) in [5.74, 6) is -0.455. The highest BCUT2D eigenvalue weighted by Crippen LogP contribution is 2.30. The summed E-state index contributed by atoms with van der Waals surface area (Å²) in [5.41, 5.74) is 1.05. The lowest BCUT2D eigenvalue weighted by atomic mass is 10.2. The van der Waals surface area contributed by atoms with Crippen molar-refractivity contribution in [2.24, 2.45) is 0 Å². The van der Waals surface area contributed by atoms with Gasteiger partial charge in [0.25, 0.3) is 0 Å². The van der Waals surface area contributed by atoms with Crippen LogP contribution in [-0.2, 0) is 21.4 Å². The second kappa shape index (κ2) is 7.83. The van der Waals surface area contributed by atoms with Gasteiger partial charge in [-0.25, -0.2) is 8.42 Å². The van der Waals surface area contributed by atoms with Gasteiger partial charge in [0.15, 0.2) is 0 Å². The van der Waals surface area contributed by atoms with Crippen LogP contribution in [0.2, 0.25) is 10.0 Å². The van der Waals surface area contributed by atoms with E-state index in [4.69, 9.17) is 23.2 Å². The van der Waals surface area contributed by atoms with Crippen molar-refractivity contribution in [1.82, 2.24) is 10.3 Å². The van der Waals surface area contributed by atoms with E-state index in [1.165, 1.54) is 18.2 Å². The van der Waals surface area contributed by atoms with Crippen molar-refractivity contribution in [2.75, 3.05) is 17.1 Å². The number of pyridine rings is 1. The van der Waals surface area contributed by atoms with E-state index in [9.17, 15) is 13.2 Å². The van der Waals surface area contributed by atoms with Crippen LogP contribution in [-0.4, -0.2) is 32.1 Å². The van der Waals surface area contributed by atoms with E-state index in [0.29, 0.717) is 5.02 Å². The highest BCUT2D eigenvalue weighted by molar-refractivity contribution is 7.92. The first-order valence-electron chi connectivity index (χ1n) is 6.86. The molecular weight excluding hydrogens is 373 g/mol. The molecule has 0 saturated carbocycles. The largest absolute Gasteiger partial charge is 0.350 e. The summed E-state index contributed by atoms with van der Waals surface area (Å²) < 4.78 is 25.0. The smallest absolute Gasteiger partial charge is 0.241 e. The lowest BCUT2D eigenvalue weighted by molar-refractivity contribution is -0.119. The summed E-state index contributed by atoms with van der Waals surface area (Å²) in [4.78, 5) is 16.0. The number of carbonyl (C=O) groups is 1. The second-order valence-electron chi connectivity index (χ2n) is 5.00. The van der Waals surface area contributed by atoms with E-state index in [0.717, 1.165) is 16.1 Å². The van der Waals surface area contributed by atoms with Crippen LogP contribution < -0.4 is 9.62 Å². The van der Waals surface area contributed by atoms with Gasteiger partial charge in [-0.05, 0) is 35.9 Å². The average Bonchev–Trinajstić information content (AvgIpc) is 2.51. The lowest BCUT2D eigenvalue weighted by Gasteiger charge is -2.23. The van der Waals surface area contributed by atoms with Crippen LogP contribution in [0.1, 0.15) is 5.56 Å². The third kappa shape index (κ3) is 5.09.